The van der Waals surface area contributed by atoms with Gasteiger partial charge >= 0.3 is 21.1 Å². The number of rotatable bonds is 6. The Morgan fingerprint density at radius 2 is 1.58 bits per heavy atom. The van der Waals surface area contributed by atoms with E-state index in [2.05, 4.69) is 119 Å². The Hall–Kier alpha value is -4.47. The van der Waals surface area contributed by atoms with Crippen molar-refractivity contribution in [1.82, 2.24) is 19.3 Å². The molecule has 0 radical (unpaired) electrons. The first-order chi connectivity index (χ1) is 21.3. The molecule has 0 aliphatic heterocycles. The fourth-order valence-electron chi connectivity index (χ4n) is 6.17. The van der Waals surface area contributed by atoms with Gasteiger partial charge in [-0.2, -0.15) is 16.7 Å². The van der Waals surface area contributed by atoms with Gasteiger partial charge in [-0.1, -0.05) is 43.6 Å². The predicted octanol–water partition coefficient (Wildman–Crippen LogP) is 9.53. The first kappa shape index (κ1) is 30.6. The average molecular weight is 770 g/mol. The van der Waals surface area contributed by atoms with Crippen LogP contribution in [-0.4, -0.2) is 19.3 Å². The molecule has 0 bridgehead atoms. The fourth-order valence-corrected chi connectivity index (χ4v) is 6.17. The van der Waals surface area contributed by atoms with Crippen LogP contribution < -0.4 is 4.74 Å². The number of para-hydroxylation sites is 1. The van der Waals surface area contributed by atoms with Crippen LogP contribution in [0.3, 0.4) is 0 Å². The van der Waals surface area contributed by atoms with Crippen LogP contribution in [0.2, 0.25) is 0 Å². The smallest absolute Gasteiger partial charge is 0.509 e. The molecular formula is C39H34N4OPt. The molecule has 45 heavy (non-hydrogen) atoms. The summed E-state index contributed by atoms with van der Waals surface area (Å²) in [5.41, 5.74) is 12.6. The summed E-state index contributed by atoms with van der Waals surface area (Å²) >= 11 is 0. The largest absolute Gasteiger partial charge is 2.00 e. The predicted molar refractivity (Wildman–Crippen MR) is 178 cm³/mol. The van der Waals surface area contributed by atoms with E-state index in [0.29, 0.717) is 11.5 Å². The van der Waals surface area contributed by atoms with Crippen molar-refractivity contribution in [3.63, 3.8) is 0 Å². The Bertz CT molecular complexity index is 2180. The summed E-state index contributed by atoms with van der Waals surface area (Å²) in [4.78, 5) is 4.73. The molecule has 7 aromatic rings. The number of aromatic nitrogens is 4. The van der Waals surface area contributed by atoms with Gasteiger partial charge in [0.2, 0.25) is 0 Å². The van der Waals surface area contributed by atoms with Crippen molar-refractivity contribution in [2.24, 2.45) is 0 Å². The molecule has 0 aliphatic rings. The van der Waals surface area contributed by atoms with Gasteiger partial charge < -0.3 is 9.30 Å². The molecule has 0 saturated heterocycles. The quantitative estimate of drug-likeness (QED) is 0.158. The third-order valence-corrected chi connectivity index (χ3v) is 8.68. The molecule has 7 rings (SSSR count). The Labute approximate surface area is 278 Å². The number of hydrogen-bond acceptors (Lipinski definition) is 3. The van der Waals surface area contributed by atoms with E-state index in [1.54, 1.807) is 0 Å². The SMILES string of the molecule is CCc1ccnc(-n2c3[c-]c(Oc4[c-]c(-n5cc(-c6c(C)c(C)cc(C)c6C)cn5)cc(C)c4)ccc3c3ccccc32)c1.[Pt+2]. The molecule has 4 aromatic carbocycles. The van der Waals surface area contributed by atoms with Gasteiger partial charge in [-0.25, -0.2) is 4.98 Å². The van der Waals surface area contributed by atoms with Crippen LogP contribution in [0.1, 0.15) is 40.3 Å². The van der Waals surface area contributed by atoms with E-state index in [1.165, 1.54) is 33.4 Å². The van der Waals surface area contributed by atoms with E-state index < -0.39 is 0 Å². The standard InChI is InChI=1S/C39H34N4O.Pt/c1-7-29-14-15-40-38(19-29)43-36-11-9-8-10-34(36)35-13-12-32(21-37(35)43)44-33-17-24(2)16-31(20-33)42-23-30(22-41-42)39-27(5)25(3)18-26(4)28(39)6;/h8-19,22-23H,7H2,1-6H3;/q-2;+2. The maximum atomic E-state index is 6.44. The van der Waals surface area contributed by atoms with Crippen LogP contribution in [0, 0.1) is 46.8 Å². The van der Waals surface area contributed by atoms with Gasteiger partial charge in [-0.05, 0) is 96.8 Å². The van der Waals surface area contributed by atoms with Crippen molar-refractivity contribution in [1.29, 1.82) is 0 Å². The molecule has 0 N–H and O–H groups in total. The van der Waals surface area contributed by atoms with E-state index in [1.807, 2.05) is 29.2 Å². The number of ether oxygens (including phenoxy) is 1. The molecule has 0 amide bonds. The number of pyridine rings is 1. The van der Waals surface area contributed by atoms with Crippen molar-refractivity contribution in [3.8, 4) is 34.1 Å². The van der Waals surface area contributed by atoms with E-state index >= 15 is 0 Å². The first-order valence-electron chi connectivity index (χ1n) is 15.1. The van der Waals surface area contributed by atoms with Gasteiger partial charge in [0.05, 0.1) is 6.20 Å². The molecular weight excluding hydrogens is 736 g/mol. The van der Waals surface area contributed by atoms with Crippen LogP contribution in [0.4, 0.5) is 0 Å². The molecule has 0 saturated carbocycles. The molecule has 0 spiro atoms. The van der Waals surface area contributed by atoms with Gasteiger partial charge in [-0.15, -0.1) is 35.7 Å². The second kappa shape index (κ2) is 12.1. The number of aryl methyl sites for hydroxylation is 4. The average Bonchev–Trinajstić information content (AvgIpc) is 3.63. The van der Waals surface area contributed by atoms with Crippen molar-refractivity contribution in [3.05, 3.63) is 131 Å². The second-order valence-corrected chi connectivity index (χ2v) is 11.6. The maximum Gasteiger partial charge on any atom is 2.00 e. The minimum absolute atomic E-state index is 0. The summed E-state index contributed by atoms with van der Waals surface area (Å²) in [6, 6.07) is 30.0. The van der Waals surface area contributed by atoms with E-state index in [9.17, 15) is 0 Å². The Morgan fingerprint density at radius 1 is 0.800 bits per heavy atom. The maximum absolute atomic E-state index is 6.44. The zero-order valence-corrected chi connectivity index (χ0v) is 28.6. The Morgan fingerprint density at radius 3 is 2.36 bits per heavy atom. The van der Waals surface area contributed by atoms with Crippen molar-refractivity contribution >= 4 is 21.8 Å². The summed E-state index contributed by atoms with van der Waals surface area (Å²) in [6.45, 7) is 12.9. The minimum Gasteiger partial charge on any atom is -0.509 e. The number of fused-ring (bicyclic) bond motifs is 3. The summed E-state index contributed by atoms with van der Waals surface area (Å²) < 4.78 is 10.5. The van der Waals surface area contributed by atoms with Gasteiger partial charge in [0.15, 0.2) is 0 Å². The van der Waals surface area contributed by atoms with Crippen LogP contribution >= 0.6 is 0 Å². The molecule has 0 atom stereocenters. The van der Waals surface area contributed by atoms with E-state index in [4.69, 9.17) is 14.8 Å². The summed E-state index contributed by atoms with van der Waals surface area (Å²) in [5.74, 6) is 2.10. The summed E-state index contributed by atoms with van der Waals surface area (Å²) in [6.07, 6.45) is 6.84. The molecule has 5 nitrogen and oxygen atoms in total. The van der Waals surface area contributed by atoms with E-state index in [0.717, 1.165) is 50.9 Å². The third kappa shape index (κ3) is 5.51. The molecule has 3 heterocycles. The summed E-state index contributed by atoms with van der Waals surface area (Å²) in [5, 5.41) is 6.99. The van der Waals surface area contributed by atoms with Gasteiger partial charge in [0, 0.05) is 35.0 Å². The minimum atomic E-state index is 0. The second-order valence-electron chi connectivity index (χ2n) is 11.6. The van der Waals surface area contributed by atoms with Crippen LogP contribution in [0.15, 0.2) is 85.3 Å². The van der Waals surface area contributed by atoms with Crippen molar-refractivity contribution in [2.75, 3.05) is 0 Å². The van der Waals surface area contributed by atoms with Gasteiger partial charge in [0.1, 0.15) is 5.82 Å². The topological polar surface area (TPSA) is 44.9 Å². The molecule has 3 aromatic heterocycles. The monoisotopic (exact) mass is 769 g/mol. The Kier molecular flexibility index (Phi) is 8.24. The summed E-state index contributed by atoms with van der Waals surface area (Å²) in [7, 11) is 0. The van der Waals surface area contributed by atoms with Gasteiger partial charge in [0.25, 0.3) is 0 Å². The van der Waals surface area contributed by atoms with Crippen LogP contribution in [-0.2, 0) is 27.5 Å². The Balaban J connectivity index is 0.00000357. The number of nitrogens with zero attached hydrogens (tertiary/aromatic N) is 4. The van der Waals surface area contributed by atoms with Crippen molar-refractivity contribution < 1.29 is 25.8 Å². The van der Waals surface area contributed by atoms with Crippen molar-refractivity contribution in [2.45, 2.75) is 48.0 Å². The zero-order chi connectivity index (χ0) is 30.5. The van der Waals surface area contributed by atoms with Crippen LogP contribution in [0.25, 0.3) is 44.4 Å². The molecule has 0 unspecified atom stereocenters. The molecule has 0 fully saturated rings. The molecule has 6 heteroatoms. The molecule has 226 valence electrons. The number of benzene rings is 4. The number of hydrogen-bond donors (Lipinski definition) is 0. The third-order valence-electron chi connectivity index (χ3n) is 8.68. The van der Waals surface area contributed by atoms with Gasteiger partial charge in [-0.3, -0.25) is 4.68 Å². The van der Waals surface area contributed by atoms with E-state index in [-0.39, 0.29) is 21.1 Å². The zero-order valence-electron chi connectivity index (χ0n) is 26.3. The van der Waals surface area contributed by atoms with Crippen LogP contribution in [0.5, 0.6) is 11.5 Å². The molecule has 0 aliphatic carbocycles. The normalized spacial score (nSPS) is 11.2. The first-order valence-corrected chi connectivity index (χ1v) is 15.1. The fraction of sp³-hybridized carbons (Fsp3) is 0.179.